The molecule has 0 N–H and O–H groups in total. The van der Waals surface area contributed by atoms with Gasteiger partial charge in [-0.1, -0.05) is 51.1 Å². The van der Waals surface area contributed by atoms with Crippen LogP contribution in [0.25, 0.3) is 0 Å². The van der Waals surface area contributed by atoms with Crippen LogP contribution in [0, 0.1) is 11.8 Å². The van der Waals surface area contributed by atoms with Gasteiger partial charge in [0.2, 0.25) is 0 Å². The maximum atomic E-state index is 12.1. The summed E-state index contributed by atoms with van der Waals surface area (Å²) in [5.74, 6) is 0.473. The zero-order valence-corrected chi connectivity index (χ0v) is 14.0. The first-order chi connectivity index (χ1) is 10.4. The minimum Gasteiger partial charge on any atom is -0.462 e. The number of benzene rings is 1. The van der Waals surface area contributed by atoms with Gasteiger partial charge in [-0.15, -0.1) is 0 Å². The van der Waals surface area contributed by atoms with Crippen molar-refractivity contribution in [2.24, 2.45) is 11.8 Å². The van der Waals surface area contributed by atoms with Gasteiger partial charge in [-0.3, -0.25) is 4.79 Å². The zero-order valence-electron chi connectivity index (χ0n) is 14.0. The molecule has 0 aliphatic heterocycles. The monoisotopic (exact) mass is 302 g/mol. The van der Waals surface area contributed by atoms with E-state index in [0.29, 0.717) is 29.6 Å². The van der Waals surface area contributed by atoms with Crippen LogP contribution in [0.1, 0.15) is 61.3 Å². The lowest BCUT2D eigenvalue weighted by Crippen LogP contribution is -2.12. The third kappa shape index (κ3) is 6.25. The molecule has 1 aromatic rings. The van der Waals surface area contributed by atoms with Gasteiger partial charge in [-0.2, -0.15) is 0 Å². The third-order valence-electron chi connectivity index (χ3n) is 3.40. The predicted octanol–water partition coefficient (Wildman–Crippen LogP) is 4.67. The van der Waals surface area contributed by atoms with Crippen LogP contribution in [-0.4, -0.2) is 18.4 Å². The summed E-state index contributed by atoms with van der Waals surface area (Å²) >= 11 is 0. The fraction of sp³-hybridized carbons (Fsp3) is 0.474. The van der Waals surface area contributed by atoms with Crippen LogP contribution in [0.4, 0.5) is 0 Å². The number of carbonyl (C=O) groups excluding carboxylic acids is 2. The highest BCUT2D eigenvalue weighted by atomic mass is 16.5. The van der Waals surface area contributed by atoms with Crippen LogP contribution in [-0.2, 0) is 4.74 Å². The maximum Gasteiger partial charge on any atom is 0.338 e. The SMILES string of the molecule is CC(=O)c1ccccc1C(=O)OCCC(C)/C=C/CC(C)C. The Morgan fingerprint density at radius 3 is 2.36 bits per heavy atom. The molecule has 0 amide bonds. The summed E-state index contributed by atoms with van der Waals surface area (Å²) in [5, 5.41) is 0. The molecule has 3 heteroatoms. The van der Waals surface area contributed by atoms with Crippen molar-refractivity contribution < 1.29 is 14.3 Å². The van der Waals surface area contributed by atoms with E-state index in [9.17, 15) is 9.59 Å². The Morgan fingerprint density at radius 2 is 1.77 bits per heavy atom. The largest absolute Gasteiger partial charge is 0.462 e. The molecule has 0 radical (unpaired) electrons. The highest BCUT2D eigenvalue weighted by Gasteiger charge is 2.15. The van der Waals surface area contributed by atoms with Gasteiger partial charge in [-0.05, 0) is 37.7 Å². The molecule has 3 nitrogen and oxygen atoms in total. The Labute approximate surface area is 133 Å². The van der Waals surface area contributed by atoms with E-state index in [2.05, 4.69) is 32.9 Å². The molecule has 120 valence electrons. The van der Waals surface area contributed by atoms with Crippen molar-refractivity contribution in [3.8, 4) is 0 Å². The van der Waals surface area contributed by atoms with Crippen molar-refractivity contribution >= 4 is 11.8 Å². The van der Waals surface area contributed by atoms with Crippen LogP contribution in [0.5, 0.6) is 0 Å². The third-order valence-corrected chi connectivity index (χ3v) is 3.40. The van der Waals surface area contributed by atoms with Crippen LogP contribution in [0.3, 0.4) is 0 Å². The van der Waals surface area contributed by atoms with Crippen molar-refractivity contribution in [3.63, 3.8) is 0 Å². The molecule has 0 aliphatic rings. The van der Waals surface area contributed by atoms with Crippen LogP contribution in [0.15, 0.2) is 36.4 Å². The number of ether oxygens (including phenoxy) is 1. The van der Waals surface area contributed by atoms with Crippen molar-refractivity contribution in [2.75, 3.05) is 6.61 Å². The molecule has 1 aromatic carbocycles. The molecule has 1 rings (SSSR count). The van der Waals surface area contributed by atoms with E-state index >= 15 is 0 Å². The van der Waals surface area contributed by atoms with Crippen molar-refractivity contribution in [1.29, 1.82) is 0 Å². The van der Waals surface area contributed by atoms with E-state index in [-0.39, 0.29) is 5.78 Å². The van der Waals surface area contributed by atoms with E-state index in [1.165, 1.54) is 6.92 Å². The van der Waals surface area contributed by atoms with Gasteiger partial charge in [0.15, 0.2) is 5.78 Å². The Bertz CT molecular complexity index is 529. The highest BCUT2D eigenvalue weighted by molar-refractivity contribution is 6.05. The van der Waals surface area contributed by atoms with Gasteiger partial charge < -0.3 is 4.74 Å². The topological polar surface area (TPSA) is 43.4 Å². The number of carbonyl (C=O) groups is 2. The molecule has 1 unspecified atom stereocenters. The van der Waals surface area contributed by atoms with Gasteiger partial charge in [0, 0.05) is 5.56 Å². The second-order valence-electron chi connectivity index (χ2n) is 6.06. The molecule has 22 heavy (non-hydrogen) atoms. The van der Waals surface area contributed by atoms with Gasteiger partial charge in [0.25, 0.3) is 0 Å². The normalized spacial score (nSPS) is 12.6. The summed E-state index contributed by atoms with van der Waals surface area (Å²) in [6.07, 6.45) is 6.19. The molecule has 1 atom stereocenters. The average Bonchev–Trinajstić information content (AvgIpc) is 2.46. The fourth-order valence-corrected chi connectivity index (χ4v) is 2.06. The van der Waals surface area contributed by atoms with E-state index in [1.54, 1.807) is 24.3 Å². The Kier molecular flexibility index (Phi) is 7.58. The number of esters is 1. The molecule has 0 saturated carbocycles. The van der Waals surface area contributed by atoms with Gasteiger partial charge in [0.1, 0.15) is 0 Å². The summed E-state index contributed by atoms with van der Waals surface area (Å²) in [4.78, 5) is 23.6. The van der Waals surface area contributed by atoms with Gasteiger partial charge in [0.05, 0.1) is 12.2 Å². The van der Waals surface area contributed by atoms with Crippen LogP contribution in [0.2, 0.25) is 0 Å². The quantitative estimate of drug-likeness (QED) is 0.398. The first-order valence-corrected chi connectivity index (χ1v) is 7.85. The molecular weight excluding hydrogens is 276 g/mol. The Balaban J connectivity index is 2.47. The molecule has 0 aromatic heterocycles. The zero-order chi connectivity index (χ0) is 16.5. The summed E-state index contributed by atoms with van der Waals surface area (Å²) in [6, 6.07) is 6.76. The highest BCUT2D eigenvalue weighted by Crippen LogP contribution is 2.13. The summed E-state index contributed by atoms with van der Waals surface area (Å²) in [7, 11) is 0. The van der Waals surface area contributed by atoms with Gasteiger partial charge >= 0.3 is 5.97 Å². The van der Waals surface area contributed by atoms with Crippen molar-refractivity contribution in [2.45, 2.75) is 40.5 Å². The lowest BCUT2D eigenvalue weighted by atomic mass is 10.0. The molecule has 0 spiro atoms. The molecular formula is C19H26O3. The second kappa shape index (κ2) is 9.19. The Hall–Kier alpha value is -1.90. The van der Waals surface area contributed by atoms with Crippen LogP contribution >= 0.6 is 0 Å². The second-order valence-corrected chi connectivity index (χ2v) is 6.06. The number of ketones is 1. The fourth-order valence-electron chi connectivity index (χ4n) is 2.06. The summed E-state index contributed by atoms with van der Waals surface area (Å²) < 4.78 is 5.29. The number of rotatable bonds is 8. The number of hydrogen-bond acceptors (Lipinski definition) is 3. The Morgan fingerprint density at radius 1 is 1.14 bits per heavy atom. The molecule has 0 aliphatic carbocycles. The number of hydrogen-bond donors (Lipinski definition) is 0. The average molecular weight is 302 g/mol. The lowest BCUT2D eigenvalue weighted by Gasteiger charge is -2.10. The number of allylic oxidation sites excluding steroid dienone is 2. The maximum absolute atomic E-state index is 12.1. The van der Waals surface area contributed by atoms with E-state index in [4.69, 9.17) is 4.74 Å². The number of Topliss-reactive ketones (excluding diaryl/α,β-unsaturated/α-hetero) is 1. The van der Waals surface area contributed by atoms with Crippen LogP contribution < -0.4 is 0 Å². The first-order valence-electron chi connectivity index (χ1n) is 7.85. The minimum absolute atomic E-state index is 0.127. The summed E-state index contributed by atoms with van der Waals surface area (Å²) in [6.45, 7) is 8.28. The van der Waals surface area contributed by atoms with E-state index in [1.807, 2.05) is 0 Å². The smallest absolute Gasteiger partial charge is 0.338 e. The summed E-state index contributed by atoms with van der Waals surface area (Å²) in [5.41, 5.74) is 0.760. The molecule has 0 fully saturated rings. The van der Waals surface area contributed by atoms with Crippen molar-refractivity contribution in [3.05, 3.63) is 47.5 Å². The predicted molar refractivity (Wildman–Crippen MR) is 89.1 cm³/mol. The van der Waals surface area contributed by atoms with Crippen molar-refractivity contribution in [1.82, 2.24) is 0 Å². The molecule has 0 heterocycles. The standard InChI is InChI=1S/C19H26O3/c1-14(2)8-7-9-15(3)12-13-22-19(21)18-11-6-5-10-17(18)16(4)20/h5-7,9-11,14-15H,8,12-13H2,1-4H3/b9-7+. The van der Waals surface area contributed by atoms with E-state index < -0.39 is 5.97 Å². The molecule has 0 saturated heterocycles. The van der Waals surface area contributed by atoms with Gasteiger partial charge in [-0.25, -0.2) is 4.79 Å². The first kappa shape index (κ1) is 18.1. The molecule has 0 bridgehead atoms. The minimum atomic E-state index is -0.427. The lowest BCUT2D eigenvalue weighted by molar-refractivity contribution is 0.0488. The van der Waals surface area contributed by atoms with E-state index in [0.717, 1.165) is 12.8 Å².